The first-order valence-corrected chi connectivity index (χ1v) is 12.3. The maximum atomic E-state index is 14.6. The highest BCUT2D eigenvalue weighted by atomic mass is 28.4. The van der Waals surface area contributed by atoms with Crippen LogP contribution in [0.2, 0.25) is 19.6 Å². The smallest absolute Gasteiger partial charge is 0.342 e. The molecule has 0 aliphatic heterocycles. The third-order valence-corrected chi connectivity index (χ3v) is 5.16. The average Bonchev–Trinajstić information content (AvgIpc) is 2.53. The van der Waals surface area contributed by atoms with Crippen LogP contribution in [-0.2, 0) is 4.53 Å². The van der Waals surface area contributed by atoms with Crippen molar-refractivity contribution in [1.82, 2.24) is 5.06 Å². The summed E-state index contributed by atoms with van der Waals surface area (Å²) in [5, 5.41) is 0.994. The Morgan fingerprint density at radius 3 is 1.96 bits per heavy atom. The first-order valence-electron chi connectivity index (χ1n) is 8.90. The van der Waals surface area contributed by atoms with Gasteiger partial charge in [-0.2, -0.15) is 27.0 Å². The lowest BCUT2D eigenvalue weighted by molar-refractivity contribution is -0.332. The van der Waals surface area contributed by atoms with Crippen molar-refractivity contribution in [2.45, 2.75) is 75.9 Å². The van der Waals surface area contributed by atoms with Crippen LogP contribution >= 0.6 is 0 Å². The molecule has 8 heteroatoms. The molecule has 1 aliphatic carbocycles. The van der Waals surface area contributed by atoms with Crippen LogP contribution < -0.4 is 0 Å². The zero-order valence-electron chi connectivity index (χ0n) is 15.3. The van der Waals surface area contributed by atoms with E-state index in [4.69, 9.17) is 4.53 Å². The van der Waals surface area contributed by atoms with E-state index in [1.165, 1.54) is 24.3 Å². The third kappa shape index (κ3) is 5.04. The summed E-state index contributed by atoms with van der Waals surface area (Å²) in [6, 6.07) is 4.52. The molecule has 1 unspecified atom stereocenters. The fourth-order valence-electron chi connectivity index (χ4n) is 3.30. The van der Waals surface area contributed by atoms with E-state index >= 15 is 0 Å². The zero-order chi connectivity index (χ0) is 19.6. The number of halogens is 5. The topological polar surface area (TPSA) is 12.5 Å². The van der Waals surface area contributed by atoms with E-state index in [0.29, 0.717) is 12.8 Å². The maximum Gasteiger partial charge on any atom is 0.455 e. The summed E-state index contributed by atoms with van der Waals surface area (Å²) in [7, 11) is -2.41. The lowest BCUT2D eigenvalue weighted by Crippen LogP contribution is -2.55. The molecule has 0 N–H and O–H groups in total. The van der Waals surface area contributed by atoms with Crippen LogP contribution in [0.5, 0.6) is 0 Å². The summed E-state index contributed by atoms with van der Waals surface area (Å²) in [6.45, 7) is 5.36. The Kier molecular flexibility index (Phi) is 6.51. The number of hydrogen-bond donors (Lipinski definition) is 0. The largest absolute Gasteiger partial charge is 0.455 e. The Hall–Kier alpha value is -0.993. The van der Waals surface area contributed by atoms with Crippen molar-refractivity contribution in [3.05, 3.63) is 35.9 Å². The number of hydrogen-bond acceptors (Lipinski definition) is 2. The Labute approximate surface area is 152 Å². The molecule has 0 bridgehead atoms. The molecule has 2 rings (SSSR count). The summed E-state index contributed by atoms with van der Waals surface area (Å²) in [5.74, 6) is -4.93. The van der Waals surface area contributed by atoms with Crippen LogP contribution in [0.1, 0.15) is 43.7 Å². The number of alkyl halides is 5. The quantitative estimate of drug-likeness (QED) is 0.317. The first-order chi connectivity index (χ1) is 11.9. The van der Waals surface area contributed by atoms with Gasteiger partial charge >= 0.3 is 12.1 Å². The predicted octanol–water partition coefficient (Wildman–Crippen LogP) is 6.33. The molecule has 0 heterocycles. The molecule has 0 saturated heterocycles. The second-order valence-electron chi connectivity index (χ2n) is 7.79. The first kappa shape index (κ1) is 21.3. The maximum absolute atomic E-state index is 14.6. The van der Waals surface area contributed by atoms with Gasteiger partial charge in [-0.1, -0.05) is 49.6 Å². The number of nitrogens with zero attached hydrogens (tertiary/aromatic N) is 1. The second-order valence-corrected chi connectivity index (χ2v) is 12.2. The van der Waals surface area contributed by atoms with Crippen molar-refractivity contribution < 1.29 is 26.5 Å². The van der Waals surface area contributed by atoms with Gasteiger partial charge < -0.3 is 4.53 Å². The average molecular weight is 395 g/mol. The molecule has 26 heavy (non-hydrogen) atoms. The fraction of sp³-hybridized carbons (Fsp3) is 0.667. The van der Waals surface area contributed by atoms with Gasteiger partial charge in [-0.15, -0.1) is 0 Å². The highest BCUT2D eigenvalue weighted by molar-refractivity contribution is 6.69. The minimum Gasteiger partial charge on any atom is -0.342 e. The van der Waals surface area contributed by atoms with Gasteiger partial charge in [-0.3, -0.25) is 0 Å². The summed E-state index contributed by atoms with van der Waals surface area (Å²) < 4.78 is 75.1. The lowest BCUT2D eigenvalue weighted by Gasteiger charge is -2.45. The highest BCUT2D eigenvalue weighted by Gasteiger charge is 2.65. The minimum absolute atomic E-state index is 0.0846. The van der Waals surface area contributed by atoms with Gasteiger partial charge in [-0.05, 0) is 38.0 Å². The standard InChI is InChI=1S/C18H26F5NOSi/c1-26(2,3)25-24(15-12-8-5-9-13-15)16(14-10-6-4-7-11-14)17(19,20)18(21,22)23/h4,6-7,10-11,15-16H,5,8-9,12-13H2,1-3H3. The Morgan fingerprint density at radius 2 is 1.50 bits per heavy atom. The molecule has 1 aromatic carbocycles. The van der Waals surface area contributed by atoms with Crippen molar-refractivity contribution >= 4 is 8.32 Å². The van der Waals surface area contributed by atoms with E-state index in [9.17, 15) is 22.0 Å². The molecule has 1 saturated carbocycles. The summed E-state index contributed by atoms with van der Waals surface area (Å²) in [6.07, 6.45) is -1.99. The van der Waals surface area contributed by atoms with Gasteiger partial charge in [0.2, 0.25) is 8.32 Å². The van der Waals surface area contributed by atoms with Crippen molar-refractivity contribution in [3.63, 3.8) is 0 Å². The Balaban J connectivity index is 2.53. The van der Waals surface area contributed by atoms with Gasteiger partial charge in [0.1, 0.15) is 6.04 Å². The van der Waals surface area contributed by atoms with Crippen molar-refractivity contribution in [3.8, 4) is 0 Å². The third-order valence-electron chi connectivity index (χ3n) is 4.41. The van der Waals surface area contributed by atoms with Crippen molar-refractivity contribution in [2.24, 2.45) is 0 Å². The van der Waals surface area contributed by atoms with Gasteiger partial charge in [0, 0.05) is 6.04 Å². The van der Waals surface area contributed by atoms with Crippen LogP contribution in [-0.4, -0.2) is 31.5 Å². The van der Waals surface area contributed by atoms with E-state index < -0.39 is 32.5 Å². The number of benzene rings is 1. The van der Waals surface area contributed by atoms with E-state index in [1.807, 2.05) is 0 Å². The normalized spacial score (nSPS) is 19.0. The molecule has 1 fully saturated rings. The Morgan fingerprint density at radius 1 is 0.962 bits per heavy atom. The minimum atomic E-state index is -5.66. The van der Waals surface area contributed by atoms with Gasteiger partial charge in [0.25, 0.3) is 0 Å². The molecule has 148 valence electrons. The highest BCUT2D eigenvalue weighted by Crippen LogP contribution is 2.49. The Bertz CT molecular complexity index is 567. The molecule has 0 amide bonds. The molecular weight excluding hydrogens is 369 g/mol. The van der Waals surface area contributed by atoms with E-state index in [0.717, 1.165) is 24.3 Å². The van der Waals surface area contributed by atoms with Gasteiger partial charge in [0.15, 0.2) is 0 Å². The van der Waals surface area contributed by atoms with Crippen LogP contribution in [0.15, 0.2) is 30.3 Å². The van der Waals surface area contributed by atoms with Crippen molar-refractivity contribution in [1.29, 1.82) is 0 Å². The van der Waals surface area contributed by atoms with Gasteiger partial charge in [-0.25, -0.2) is 0 Å². The molecule has 1 aliphatic rings. The predicted molar refractivity (Wildman–Crippen MR) is 93.3 cm³/mol. The molecule has 0 radical (unpaired) electrons. The number of hydroxylamine groups is 2. The second kappa shape index (κ2) is 7.94. The van der Waals surface area contributed by atoms with Crippen LogP contribution in [0.3, 0.4) is 0 Å². The molecule has 1 aromatic rings. The fourth-order valence-corrected chi connectivity index (χ4v) is 4.18. The number of rotatable bonds is 6. The summed E-state index contributed by atoms with van der Waals surface area (Å²) in [5.41, 5.74) is -0.0846. The van der Waals surface area contributed by atoms with E-state index in [2.05, 4.69) is 0 Å². The van der Waals surface area contributed by atoms with Crippen molar-refractivity contribution in [2.75, 3.05) is 0 Å². The zero-order valence-corrected chi connectivity index (χ0v) is 16.3. The molecule has 0 spiro atoms. The van der Waals surface area contributed by atoms with Crippen LogP contribution in [0.25, 0.3) is 0 Å². The van der Waals surface area contributed by atoms with E-state index in [1.54, 1.807) is 25.7 Å². The SMILES string of the molecule is C[Si](C)(C)ON(C1CCCCC1)C(c1ccccc1)C(F)(F)C(F)(F)F. The van der Waals surface area contributed by atoms with Gasteiger partial charge in [0.05, 0.1) is 0 Å². The lowest BCUT2D eigenvalue weighted by atomic mass is 9.91. The monoisotopic (exact) mass is 395 g/mol. The summed E-state index contributed by atoms with van der Waals surface area (Å²) >= 11 is 0. The molecule has 2 nitrogen and oxygen atoms in total. The van der Waals surface area contributed by atoms with E-state index in [-0.39, 0.29) is 5.56 Å². The summed E-state index contributed by atoms with van der Waals surface area (Å²) in [4.78, 5) is 0. The molecule has 0 aromatic heterocycles. The molecule has 1 atom stereocenters. The van der Waals surface area contributed by atoms with Crippen LogP contribution in [0.4, 0.5) is 22.0 Å². The molecular formula is C18H26F5NOSi. The van der Waals surface area contributed by atoms with Crippen LogP contribution in [0, 0.1) is 0 Å².